The topological polar surface area (TPSA) is 110 Å². The number of halogens is 2. The van der Waals surface area contributed by atoms with E-state index in [2.05, 4.69) is 4.99 Å². The molecule has 0 saturated carbocycles. The van der Waals surface area contributed by atoms with Crippen molar-refractivity contribution in [2.75, 3.05) is 6.54 Å². The van der Waals surface area contributed by atoms with Crippen LogP contribution < -0.4 is 5.73 Å². The average molecular weight is 586 g/mol. The lowest BCUT2D eigenvalue weighted by Crippen LogP contribution is -2.10. The van der Waals surface area contributed by atoms with Gasteiger partial charge in [0.15, 0.2) is 11.6 Å². The summed E-state index contributed by atoms with van der Waals surface area (Å²) in [6, 6.07) is 15.2. The van der Waals surface area contributed by atoms with Gasteiger partial charge in [-0.15, -0.1) is 22.7 Å². The summed E-state index contributed by atoms with van der Waals surface area (Å²) in [5.74, 6) is -0.709. The van der Waals surface area contributed by atoms with Gasteiger partial charge in [0.25, 0.3) is 0 Å². The Bertz CT molecular complexity index is 1560. The van der Waals surface area contributed by atoms with Crippen molar-refractivity contribution in [1.29, 1.82) is 0 Å². The number of amides is 1. The molecule has 0 unspecified atom stereocenters. The molecule has 0 saturated heterocycles. The summed E-state index contributed by atoms with van der Waals surface area (Å²) >= 11 is 14.6. The first-order valence-corrected chi connectivity index (χ1v) is 13.9. The number of hydrogen-bond acceptors (Lipinski definition) is 7. The molecule has 10 heteroatoms. The molecule has 194 valence electrons. The lowest BCUT2D eigenvalue weighted by Gasteiger charge is -2.03. The van der Waals surface area contributed by atoms with Crippen molar-refractivity contribution in [3.05, 3.63) is 96.5 Å². The molecule has 0 fully saturated rings. The highest BCUT2D eigenvalue weighted by molar-refractivity contribution is 7.16. The number of hydrogen-bond donors (Lipinski definition) is 2. The van der Waals surface area contributed by atoms with Crippen LogP contribution in [0, 0.1) is 0 Å². The number of primary amides is 1. The molecule has 38 heavy (non-hydrogen) atoms. The molecule has 4 aromatic rings. The number of nitrogens with two attached hydrogens (primary N) is 1. The molecule has 6 nitrogen and oxygen atoms in total. The standard InChI is InChI=1S/C28H22Cl2N2O4S2/c1-15(19-14-37-27(26(19)35)18-7-8-20(29)21(30)12-18)32-13-23(34)25-11-10-24(38-25)22(33)9-4-16-2-5-17(6-3-16)28(31)36/h2-3,5-8,10-12,14,35H,4,9,13H2,1H3,(H2,31,36). The van der Waals surface area contributed by atoms with Crippen LogP contribution in [0.15, 0.2) is 65.0 Å². The molecule has 0 spiro atoms. The fourth-order valence-corrected chi connectivity index (χ4v) is 5.86. The Labute approximate surface area is 237 Å². The Morgan fingerprint density at radius 2 is 1.63 bits per heavy atom. The van der Waals surface area contributed by atoms with Gasteiger partial charge in [-0.05, 0) is 60.9 Å². The monoisotopic (exact) mass is 584 g/mol. The minimum Gasteiger partial charge on any atom is -0.506 e. The summed E-state index contributed by atoms with van der Waals surface area (Å²) < 4.78 is 0. The van der Waals surface area contributed by atoms with Gasteiger partial charge in [-0.25, -0.2) is 0 Å². The van der Waals surface area contributed by atoms with Crippen LogP contribution in [0.2, 0.25) is 10.0 Å². The Morgan fingerprint density at radius 1 is 0.947 bits per heavy atom. The van der Waals surface area contributed by atoms with Crippen LogP contribution in [0.25, 0.3) is 10.4 Å². The van der Waals surface area contributed by atoms with Crippen LogP contribution in [0.5, 0.6) is 5.75 Å². The van der Waals surface area contributed by atoms with E-state index in [-0.39, 0.29) is 30.3 Å². The molecule has 0 aliphatic carbocycles. The first-order chi connectivity index (χ1) is 18.1. The maximum Gasteiger partial charge on any atom is 0.248 e. The van der Waals surface area contributed by atoms with E-state index in [0.29, 0.717) is 47.9 Å². The largest absolute Gasteiger partial charge is 0.506 e. The molecule has 0 aliphatic rings. The highest BCUT2D eigenvalue weighted by Crippen LogP contribution is 2.40. The fraction of sp³-hybridized carbons (Fsp3) is 0.143. The zero-order chi connectivity index (χ0) is 27.4. The van der Waals surface area contributed by atoms with Gasteiger partial charge >= 0.3 is 0 Å². The Balaban J connectivity index is 1.37. The van der Waals surface area contributed by atoms with Crippen LogP contribution in [0.3, 0.4) is 0 Å². The molecule has 4 rings (SSSR count). The van der Waals surface area contributed by atoms with E-state index in [1.165, 1.54) is 11.3 Å². The van der Waals surface area contributed by atoms with Gasteiger partial charge in [0, 0.05) is 28.6 Å². The maximum absolute atomic E-state index is 12.7. The summed E-state index contributed by atoms with van der Waals surface area (Å²) in [6.07, 6.45) is 0.789. The van der Waals surface area contributed by atoms with Crippen molar-refractivity contribution in [3.8, 4) is 16.2 Å². The maximum atomic E-state index is 12.7. The Kier molecular flexibility index (Phi) is 8.79. The number of nitrogens with zero attached hydrogens (tertiary/aromatic N) is 1. The fourth-order valence-electron chi connectivity index (χ4n) is 3.66. The molecule has 0 atom stereocenters. The SMILES string of the molecule is CC(=NCC(=O)c1ccc(C(=O)CCc2ccc(C(N)=O)cc2)s1)c1csc(-c2ccc(Cl)c(Cl)c2)c1O. The molecule has 3 N–H and O–H groups in total. The van der Waals surface area contributed by atoms with Gasteiger partial charge in [-0.3, -0.25) is 19.4 Å². The van der Waals surface area contributed by atoms with Crippen LogP contribution in [-0.2, 0) is 6.42 Å². The number of aryl methyl sites for hydroxylation is 1. The van der Waals surface area contributed by atoms with Crippen molar-refractivity contribution in [1.82, 2.24) is 0 Å². The Hall–Kier alpha value is -3.30. The van der Waals surface area contributed by atoms with Crippen molar-refractivity contribution >= 4 is 69.1 Å². The van der Waals surface area contributed by atoms with E-state index in [4.69, 9.17) is 28.9 Å². The summed E-state index contributed by atoms with van der Waals surface area (Å²) in [5, 5.41) is 13.3. The summed E-state index contributed by atoms with van der Waals surface area (Å²) in [6.45, 7) is 1.62. The summed E-state index contributed by atoms with van der Waals surface area (Å²) in [7, 11) is 0. The third-order valence-electron chi connectivity index (χ3n) is 5.83. The number of aromatic hydroxyl groups is 1. The van der Waals surface area contributed by atoms with E-state index in [1.54, 1.807) is 66.9 Å². The molecular weight excluding hydrogens is 563 g/mol. The number of rotatable bonds is 10. The molecule has 2 heterocycles. The first-order valence-electron chi connectivity index (χ1n) is 11.5. The van der Waals surface area contributed by atoms with E-state index >= 15 is 0 Å². The molecule has 0 aliphatic heterocycles. The van der Waals surface area contributed by atoms with Crippen molar-refractivity contribution in [2.24, 2.45) is 10.7 Å². The van der Waals surface area contributed by atoms with Gasteiger partial charge in [0.05, 0.1) is 24.7 Å². The minimum atomic E-state index is -0.497. The quantitative estimate of drug-likeness (QED) is 0.153. The average Bonchev–Trinajstić information content (AvgIpc) is 3.55. The zero-order valence-corrected chi connectivity index (χ0v) is 23.3. The first kappa shape index (κ1) is 27.7. The van der Waals surface area contributed by atoms with Crippen LogP contribution >= 0.6 is 45.9 Å². The van der Waals surface area contributed by atoms with Crippen LogP contribution in [-0.4, -0.2) is 34.8 Å². The lowest BCUT2D eigenvalue weighted by atomic mass is 10.0. The molecule has 2 aromatic carbocycles. The number of thiophene rings is 2. The highest BCUT2D eigenvalue weighted by Gasteiger charge is 2.17. The number of Topliss-reactive ketones (excluding diaryl/α,β-unsaturated/α-hetero) is 2. The highest BCUT2D eigenvalue weighted by atomic mass is 35.5. The number of carbonyl (C=O) groups excluding carboxylic acids is 3. The normalized spacial score (nSPS) is 11.5. The second-order valence-electron chi connectivity index (χ2n) is 8.43. The van der Waals surface area contributed by atoms with Crippen molar-refractivity contribution in [3.63, 3.8) is 0 Å². The van der Waals surface area contributed by atoms with Crippen LogP contribution in [0.4, 0.5) is 0 Å². The second-order valence-corrected chi connectivity index (χ2v) is 11.2. The van der Waals surface area contributed by atoms with Crippen molar-refractivity contribution in [2.45, 2.75) is 19.8 Å². The lowest BCUT2D eigenvalue weighted by molar-refractivity contribution is 0.0982. The molecular formula is C28H22Cl2N2O4S2. The number of aliphatic imine (C=N–C) groups is 1. The van der Waals surface area contributed by atoms with Gasteiger partial charge in [0.2, 0.25) is 5.91 Å². The number of ketones is 2. The van der Waals surface area contributed by atoms with Gasteiger partial charge in [-0.2, -0.15) is 0 Å². The van der Waals surface area contributed by atoms with Crippen molar-refractivity contribution < 1.29 is 19.5 Å². The summed E-state index contributed by atoms with van der Waals surface area (Å²) in [4.78, 5) is 42.5. The zero-order valence-electron chi connectivity index (χ0n) is 20.2. The Morgan fingerprint density at radius 3 is 2.29 bits per heavy atom. The van der Waals surface area contributed by atoms with Gasteiger partial charge in [0.1, 0.15) is 12.3 Å². The van der Waals surface area contributed by atoms with E-state index < -0.39 is 5.91 Å². The van der Waals surface area contributed by atoms with E-state index in [9.17, 15) is 19.5 Å². The predicted octanol–water partition coefficient (Wildman–Crippen LogP) is 7.10. The predicted molar refractivity (Wildman–Crippen MR) is 155 cm³/mol. The van der Waals surface area contributed by atoms with E-state index in [0.717, 1.165) is 22.5 Å². The smallest absolute Gasteiger partial charge is 0.248 e. The van der Waals surface area contributed by atoms with Crippen LogP contribution in [0.1, 0.15) is 54.2 Å². The van der Waals surface area contributed by atoms with Gasteiger partial charge < -0.3 is 10.8 Å². The third kappa shape index (κ3) is 6.39. The number of carbonyl (C=O) groups is 3. The minimum absolute atomic E-state index is 0.0641. The third-order valence-corrected chi connectivity index (χ3v) is 8.76. The number of benzene rings is 2. The van der Waals surface area contributed by atoms with E-state index in [1.807, 2.05) is 0 Å². The summed E-state index contributed by atoms with van der Waals surface area (Å²) in [5.41, 5.74) is 8.37. The molecule has 2 aromatic heterocycles. The molecule has 1 amide bonds. The second kappa shape index (κ2) is 12.0. The molecule has 0 bridgehead atoms. The van der Waals surface area contributed by atoms with Gasteiger partial charge in [-0.1, -0.05) is 41.4 Å². The molecule has 0 radical (unpaired) electrons.